The Morgan fingerprint density at radius 1 is 1.37 bits per heavy atom. The van der Waals surface area contributed by atoms with Gasteiger partial charge in [0.2, 0.25) is 0 Å². The van der Waals surface area contributed by atoms with Gasteiger partial charge in [0.1, 0.15) is 11.6 Å². The Labute approximate surface area is 111 Å². The monoisotopic (exact) mass is 259 g/mol. The number of rotatable bonds is 3. The molecule has 1 unspecified atom stereocenters. The van der Waals surface area contributed by atoms with Crippen LogP contribution < -0.4 is 0 Å². The average Bonchev–Trinajstić information content (AvgIpc) is 2.79. The van der Waals surface area contributed by atoms with Crippen LogP contribution in [0, 0.1) is 5.92 Å². The van der Waals surface area contributed by atoms with Crippen molar-refractivity contribution in [2.24, 2.45) is 5.92 Å². The van der Waals surface area contributed by atoms with Gasteiger partial charge in [-0.25, -0.2) is 9.67 Å². The first-order valence-electron chi connectivity index (χ1n) is 6.56. The highest BCUT2D eigenvalue weighted by Gasteiger charge is 2.21. The number of aromatic nitrogens is 3. The highest BCUT2D eigenvalue weighted by atomic mass is 16.3. The fourth-order valence-corrected chi connectivity index (χ4v) is 2.50. The Hall–Kier alpha value is -1.88. The predicted molar refractivity (Wildman–Crippen MR) is 69.8 cm³/mol. The van der Waals surface area contributed by atoms with Crippen LogP contribution in [-0.4, -0.2) is 31.6 Å². The number of aryl methyl sites for hydroxylation is 1. The van der Waals surface area contributed by atoms with Crippen molar-refractivity contribution < 1.29 is 10.2 Å². The number of hydrogen-bond acceptors (Lipinski definition) is 4. The molecule has 1 aromatic carbocycles. The molecule has 2 aromatic rings. The van der Waals surface area contributed by atoms with Crippen LogP contribution in [0.25, 0.3) is 0 Å². The lowest BCUT2D eigenvalue weighted by atomic mass is 9.99. The molecular formula is C14H17N3O2. The third-order valence-electron chi connectivity index (χ3n) is 3.54. The van der Waals surface area contributed by atoms with Crippen LogP contribution in [0.4, 0.5) is 0 Å². The molecule has 2 heterocycles. The number of benzene rings is 1. The minimum atomic E-state index is 0.217. The summed E-state index contributed by atoms with van der Waals surface area (Å²) < 4.78 is 1.93. The highest BCUT2D eigenvalue weighted by molar-refractivity contribution is 5.29. The first-order valence-corrected chi connectivity index (χ1v) is 6.56. The summed E-state index contributed by atoms with van der Waals surface area (Å²) in [5.41, 5.74) is 1.00. The van der Waals surface area contributed by atoms with Gasteiger partial charge in [-0.05, 0) is 30.0 Å². The second-order valence-corrected chi connectivity index (χ2v) is 5.06. The van der Waals surface area contributed by atoms with Crippen molar-refractivity contribution in [3.05, 3.63) is 41.5 Å². The molecule has 2 N–H and O–H groups in total. The summed E-state index contributed by atoms with van der Waals surface area (Å²) in [4.78, 5) is 4.53. The van der Waals surface area contributed by atoms with Gasteiger partial charge in [-0.3, -0.25) is 0 Å². The van der Waals surface area contributed by atoms with Crippen molar-refractivity contribution in [3.63, 3.8) is 0 Å². The molecule has 0 saturated carbocycles. The van der Waals surface area contributed by atoms with Crippen molar-refractivity contribution in [1.29, 1.82) is 0 Å². The molecule has 0 bridgehead atoms. The molecule has 5 nitrogen and oxygen atoms in total. The molecule has 1 aromatic heterocycles. The number of hydrogen-bond donors (Lipinski definition) is 2. The van der Waals surface area contributed by atoms with Gasteiger partial charge in [-0.1, -0.05) is 12.1 Å². The molecule has 0 spiro atoms. The normalized spacial score (nSPS) is 18.3. The van der Waals surface area contributed by atoms with E-state index < -0.39 is 0 Å². The van der Waals surface area contributed by atoms with Crippen LogP contribution in [0.15, 0.2) is 24.3 Å². The predicted octanol–water partition coefficient (Wildman–Crippen LogP) is 1.13. The minimum absolute atomic E-state index is 0.217. The van der Waals surface area contributed by atoms with Crippen LogP contribution in [0.1, 0.15) is 23.6 Å². The minimum Gasteiger partial charge on any atom is -0.508 e. The van der Waals surface area contributed by atoms with Crippen molar-refractivity contribution >= 4 is 0 Å². The second-order valence-electron chi connectivity index (χ2n) is 5.06. The lowest BCUT2D eigenvalue weighted by molar-refractivity contribution is 0.196. The molecule has 0 saturated heterocycles. The van der Waals surface area contributed by atoms with E-state index in [0.717, 1.165) is 36.6 Å². The van der Waals surface area contributed by atoms with Gasteiger partial charge in [-0.2, -0.15) is 5.10 Å². The van der Waals surface area contributed by atoms with Gasteiger partial charge < -0.3 is 10.2 Å². The fraction of sp³-hybridized carbons (Fsp3) is 0.429. The maximum absolute atomic E-state index is 9.45. The molecular weight excluding hydrogens is 242 g/mol. The fourth-order valence-electron chi connectivity index (χ4n) is 2.50. The molecule has 3 rings (SSSR count). The van der Waals surface area contributed by atoms with Gasteiger partial charge in [0.25, 0.3) is 0 Å². The Kier molecular flexibility index (Phi) is 3.21. The average molecular weight is 259 g/mol. The van der Waals surface area contributed by atoms with E-state index in [9.17, 15) is 10.2 Å². The number of phenolic OH excluding ortho intramolecular Hbond substituents is 1. The van der Waals surface area contributed by atoms with Gasteiger partial charge >= 0.3 is 0 Å². The standard InChI is InChI=1S/C14H17N3O2/c18-9-11-4-5-17-14(8-11)15-13(16-17)7-10-2-1-3-12(19)6-10/h1-3,6,11,18-19H,4-5,7-9H2. The number of phenols is 1. The Morgan fingerprint density at radius 3 is 3.05 bits per heavy atom. The number of fused-ring (bicyclic) bond motifs is 1. The maximum atomic E-state index is 9.45. The van der Waals surface area contributed by atoms with Crippen LogP contribution >= 0.6 is 0 Å². The van der Waals surface area contributed by atoms with E-state index in [4.69, 9.17) is 0 Å². The summed E-state index contributed by atoms with van der Waals surface area (Å²) in [6.45, 7) is 1.04. The van der Waals surface area contributed by atoms with Crippen molar-refractivity contribution in [1.82, 2.24) is 14.8 Å². The Bertz CT molecular complexity index is 580. The molecule has 0 aliphatic carbocycles. The SMILES string of the molecule is OCC1CCn2nc(Cc3cccc(O)c3)nc2C1. The van der Waals surface area contributed by atoms with Crippen molar-refractivity contribution in [2.45, 2.75) is 25.8 Å². The first-order chi connectivity index (χ1) is 9.24. The van der Waals surface area contributed by atoms with E-state index in [2.05, 4.69) is 10.1 Å². The molecule has 0 radical (unpaired) electrons. The summed E-state index contributed by atoms with van der Waals surface area (Å²) in [6, 6.07) is 7.16. The van der Waals surface area contributed by atoms with Crippen molar-refractivity contribution in [2.75, 3.05) is 6.61 Å². The summed E-state index contributed by atoms with van der Waals surface area (Å²) in [5.74, 6) is 2.31. The van der Waals surface area contributed by atoms with Crippen LogP contribution in [0.5, 0.6) is 5.75 Å². The molecule has 19 heavy (non-hydrogen) atoms. The number of aliphatic hydroxyl groups excluding tert-OH is 1. The van der Waals surface area contributed by atoms with E-state index in [0.29, 0.717) is 12.3 Å². The van der Waals surface area contributed by atoms with Gasteiger partial charge in [-0.15, -0.1) is 0 Å². The maximum Gasteiger partial charge on any atom is 0.155 e. The Balaban J connectivity index is 1.78. The summed E-state index contributed by atoms with van der Waals surface area (Å²) in [6.07, 6.45) is 2.38. The van der Waals surface area contributed by atoms with Gasteiger partial charge in [0, 0.05) is 26.0 Å². The van der Waals surface area contributed by atoms with Gasteiger partial charge in [0.15, 0.2) is 5.82 Å². The molecule has 1 aliphatic heterocycles. The Morgan fingerprint density at radius 2 is 2.26 bits per heavy atom. The molecule has 1 aliphatic rings. The zero-order valence-electron chi connectivity index (χ0n) is 10.7. The summed E-state index contributed by atoms with van der Waals surface area (Å²) in [5, 5.41) is 23.1. The van der Waals surface area contributed by atoms with Gasteiger partial charge in [0.05, 0.1) is 0 Å². The van der Waals surface area contributed by atoms with E-state index in [1.807, 2.05) is 16.8 Å². The van der Waals surface area contributed by atoms with Crippen LogP contribution in [0.3, 0.4) is 0 Å². The quantitative estimate of drug-likeness (QED) is 0.866. The van der Waals surface area contributed by atoms with E-state index in [1.165, 1.54) is 0 Å². The third kappa shape index (κ3) is 2.61. The molecule has 1 atom stereocenters. The molecule has 100 valence electrons. The highest BCUT2D eigenvalue weighted by Crippen LogP contribution is 2.19. The third-order valence-corrected chi connectivity index (χ3v) is 3.54. The summed E-state index contributed by atoms with van der Waals surface area (Å²) >= 11 is 0. The lowest BCUT2D eigenvalue weighted by Crippen LogP contribution is -2.22. The molecule has 0 fully saturated rings. The second kappa shape index (κ2) is 5.01. The number of nitrogens with zero attached hydrogens (tertiary/aromatic N) is 3. The number of aromatic hydroxyl groups is 1. The lowest BCUT2D eigenvalue weighted by Gasteiger charge is -2.19. The van der Waals surface area contributed by atoms with E-state index in [1.54, 1.807) is 12.1 Å². The summed E-state index contributed by atoms with van der Waals surface area (Å²) in [7, 11) is 0. The zero-order chi connectivity index (χ0) is 13.2. The number of aliphatic hydroxyl groups is 1. The van der Waals surface area contributed by atoms with E-state index >= 15 is 0 Å². The van der Waals surface area contributed by atoms with Crippen LogP contribution in [-0.2, 0) is 19.4 Å². The topological polar surface area (TPSA) is 71.2 Å². The molecule has 0 amide bonds. The smallest absolute Gasteiger partial charge is 0.155 e. The van der Waals surface area contributed by atoms with E-state index in [-0.39, 0.29) is 12.4 Å². The molecule has 5 heteroatoms. The zero-order valence-corrected chi connectivity index (χ0v) is 10.7. The van der Waals surface area contributed by atoms with Crippen molar-refractivity contribution in [3.8, 4) is 5.75 Å². The largest absolute Gasteiger partial charge is 0.508 e. The first kappa shape index (κ1) is 12.2. The van der Waals surface area contributed by atoms with Crippen LogP contribution in [0.2, 0.25) is 0 Å².